The van der Waals surface area contributed by atoms with Gasteiger partial charge in [-0.05, 0) is 65.0 Å². The molecule has 0 aliphatic rings. The molecule has 5 heteroatoms. The lowest BCUT2D eigenvalue weighted by molar-refractivity contribution is 1.06. The summed E-state index contributed by atoms with van der Waals surface area (Å²) in [5.41, 5.74) is 11.9. The summed E-state index contributed by atoms with van der Waals surface area (Å²) in [5.74, 6) is 1.88. The molecule has 0 aliphatic heterocycles. The summed E-state index contributed by atoms with van der Waals surface area (Å²) >= 11 is 0. The lowest BCUT2D eigenvalue weighted by atomic mass is 9.92. The zero-order chi connectivity index (χ0) is 39.6. The number of fused-ring (bicyclic) bond motifs is 8. The lowest BCUT2D eigenvalue weighted by Crippen LogP contribution is -2.03. The molecule has 9 aromatic carbocycles. The molecule has 3 heterocycles. The third-order valence-corrected chi connectivity index (χ3v) is 11.7. The van der Waals surface area contributed by atoms with E-state index in [2.05, 4.69) is 185 Å². The Hall–Kier alpha value is -8.15. The minimum atomic E-state index is 0.614. The molecular formula is C55H35N5. The van der Waals surface area contributed by atoms with Crippen molar-refractivity contribution in [3.63, 3.8) is 0 Å². The number of nitrogens with zero attached hydrogens (tertiary/aromatic N) is 5. The molecule has 0 aliphatic carbocycles. The van der Waals surface area contributed by atoms with Gasteiger partial charge in [0.1, 0.15) is 0 Å². The number of hydrogen-bond donors (Lipinski definition) is 0. The van der Waals surface area contributed by atoms with Crippen LogP contribution in [0.25, 0.3) is 111 Å². The van der Waals surface area contributed by atoms with Crippen LogP contribution in [0.1, 0.15) is 0 Å². The van der Waals surface area contributed by atoms with E-state index in [1.807, 2.05) is 36.4 Å². The van der Waals surface area contributed by atoms with Gasteiger partial charge in [0.25, 0.3) is 0 Å². The van der Waals surface area contributed by atoms with Crippen molar-refractivity contribution >= 4 is 54.4 Å². The minimum absolute atomic E-state index is 0.614. The van der Waals surface area contributed by atoms with Gasteiger partial charge in [0.2, 0.25) is 0 Å². The zero-order valence-corrected chi connectivity index (χ0v) is 32.4. The summed E-state index contributed by atoms with van der Waals surface area (Å²) in [6.45, 7) is 0. The van der Waals surface area contributed by atoms with Crippen molar-refractivity contribution in [1.29, 1.82) is 0 Å². The summed E-state index contributed by atoms with van der Waals surface area (Å²) in [7, 11) is 0. The molecule has 280 valence electrons. The van der Waals surface area contributed by atoms with Gasteiger partial charge < -0.3 is 9.13 Å². The van der Waals surface area contributed by atoms with Gasteiger partial charge in [-0.15, -0.1) is 0 Å². The van der Waals surface area contributed by atoms with E-state index in [4.69, 9.17) is 15.0 Å². The molecule has 0 bridgehead atoms. The molecule has 0 fully saturated rings. The van der Waals surface area contributed by atoms with Gasteiger partial charge in [-0.2, -0.15) is 0 Å². The quantitative estimate of drug-likeness (QED) is 0.169. The Morgan fingerprint density at radius 2 is 0.817 bits per heavy atom. The van der Waals surface area contributed by atoms with Crippen molar-refractivity contribution in [2.75, 3.05) is 0 Å². The van der Waals surface area contributed by atoms with Gasteiger partial charge in [0.15, 0.2) is 17.5 Å². The first-order chi connectivity index (χ1) is 29.8. The molecule has 0 unspecified atom stereocenters. The molecule has 0 saturated heterocycles. The molecular weight excluding hydrogens is 731 g/mol. The van der Waals surface area contributed by atoms with Crippen LogP contribution in [0.2, 0.25) is 0 Å². The largest absolute Gasteiger partial charge is 0.309 e. The molecule has 0 amide bonds. The van der Waals surface area contributed by atoms with Crippen LogP contribution in [0.4, 0.5) is 0 Å². The molecule has 0 N–H and O–H groups in total. The molecule has 3 aromatic heterocycles. The van der Waals surface area contributed by atoms with Crippen molar-refractivity contribution in [2.45, 2.75) is 0 Å². The molecule has 0 atom stereocenters. The fourth-order valence-corrected chi connectivity index (χ4v) is 9.18. The maximum atomic E-state index is 5.21. The second-order valence-electron chi connectivity index (χ2n) is 15.2. The van der Waals surface area contributed by atoms with Gasteiger partial charge in [0, 0.05) is 49.3 Å². The second-order valence-corrected chi connectivity index (χ2v) is 15.2. The first kappa shape index (κ1) is 33.9. The highest BCUT2D eigenvalue weighted by Gasteiger charge is 2.24. The first-order valence-electron chi connectivity index (χ1n) is 20.3. The standard InChI is InChI=1S/C55H35N5/c1-4-19-36(20-5-1)53-56-54(37-21-6-2-7-22-37)58-55(57-53)44-29-14-17-33-48(44)60-47-32-16-13-28-43(47)51-45(35-38-23-10-11-26-40(38)52(51)60)41-30-18-34-49-50(41)42-27-12-15-31-46(42)59(49)39-24-8-3-9-25-39/h1-35H. The SMILES string of the molecule is c1ccc(-c2nc(-c3ccccc3)nc(-c3ccccc3-n3c4ccccc4c4c(-c5cccc6c5c5ccccc5n6-c5ccccc5)cc5ccccc5c43)n2)cc1. The van der Waals surface area contributed by atoms with Crippen molar-refractivity contribution < 1.29 is 0 Å². The molecule has 0 spiro atoms. The van der Waals surface area contributed by atoms with Crippen LogP contribution in [0.3, 0.4) is 0 Å². The van der Waals surface area contributed by atoms with Crippen LogP contribution in [0.15, 0.2) is 212 Å². The van der Waals surface area contributed by atoms with Crippen LogP contribution in [-0.2, 0) is 0 Å². The van der Waals surface area contributed by atoms with Gasteiger partial charge in [-0.25, -0.2) is 15.0 Å². The van der Waals surface area contributed by atoms with Gasteiger partial charge in [-0.1, -0.05) is 164 Å². The molecule has 0 radical (unpaired) electrons. The van der Waals surface area contributed by atoms with E-state index in [9.17, 15) is 0 Å². The monoisotopic (exact) mass is 765 g/mol. The van der Waals surface area contributed by atoms with Gasteiger partial charge >= 0.3 is 0 Å². The van der Waals surface area contributed by atoms with Crippen molar-refractivity contribution in [3.05, 3.63) is 212 Å². The highest BCUT2D eigenvalue weighted by molar-refractivity contribution is 6.27. The van der Waals surface area contributed by atoms with Crippen LogP contribution >= 0.6 is 0 Å². The fraction of sp³-hybridized carbons (Fsp3) is 0. The molecule has 12 aromatic rings. The maximum absolute atomic E-state index is 5.21. The summed E-state index contributed by atoms with van der Waals surface area (Å²) in [6.07, 6.45) is 0. The Morgan fingerprint density at radius 1 is 0.317 bits per heavy atom. The highest BCUT2D eigenvalue weighted by Crippen LogP contribution is 2.47. The summed E-state index contributed by atoms with van der Waals surface area (Å²) in [5, 5.41) is 7.18. The maximum Gasteiger partial charge on any atom is 0.166 e. The average Bonchev–Trinajstić information content (AvgIpc) is 3.86. The van der Waals surface area contributed by atoms with E-state index in [1.165, 1.54) is 54.5 Å². The van der Waals surface area contributed by atoms with Crippen LogP contribution < -0.4 is 0 Å². The molecule has 0 saturated carbocycles. The smallest absolute Gasteiger partial charge is 0.166 e. The van der Waals surface area contributed by atoms with E-state index in [0.29, 0.717) is 17.5 Å². The van der Waals surface area contributed by atoms with Crippen molar-refractivity contribution in [3.8, 4) is 56.7 Å². The normalized spacial score (nSPS) is 11.7. The Bertz CT molecular complexity index is 3530. The number of benzene rings is 9. The molecule has 5 nitrogen and oxygen atoms in total. The fourth-order valence-electron chi connectivity index (χ4n) is 9.18. The summed E-state index contributed by atoms with van der Waals surface area (Å²) in [4.78, 5) is 15.4. The number of aromatic nitrogens is 5. The van der Waals surface area contributed by atoms with E-state index < -0.39 is 0 Å². The Kier molecular flexibility index (Phi) is 7.78. The van der Waals surface area contributed by atoms with Crippen LogP contribution in [0, 0.1) is 0 Å². The second kappa shape index (κ2) is 13.8. The number of hydrogen-bond acceptors (Lipinski definition) is 3. The molecule has 12 rings (SSSR count). The predicted molar refractivity (Wildman–Crippen MR) is 248 cm³/mol. The topological polar surface area (TPSA) is 48.5 Å². The lowest BCUT2D eigenvalue weighted by Gasteiger charge is -2.16. The van der Waals surface area contributed by atoms with Gasteiger partial charge in [0.05, 0.1) is 27.8 Å². The first-order valence-corrected chi connectivity index (χ1v) is 20.3. The third-order valence-electron chi connectivity index (χ3n) is 11.7. The van der Waals surface area contributed by atoms with E-state index in [0.717, 1.165) is 39.1 Å². The van der Waals surface area contributed by atoms with E-state index in [1.54, 1.807) is 0 Å². The Morgan fingerprint density at radius 3 is 1.52 bits per heavy atom. The zero-order valence-electron chi connectivity index (χ0n) is 32.4. The Balaban J connectivity index is 1.18. The summed E-state index contributed by atoms with van der Waals surface area (Å²) in [6, 6.07) is 75.1. The van der Waals surface area contributed by atoms with Crippen molar-refractivity contribution in [2.24, 2.45) is 0 Å². The Labute approximate surface area is 346 Å². The van der Waals surface area contributed by atoms with Crippen LogP contribution in [0.5, 0.6) is 0 Å². The third kappa shape index (κ3) is 5.30. The van der Waals surface area contributed by atoms with Crippen LogP contribution in [-0.4, -0.2) is 24.1 Å². The van der Waals surface area contributed by atoms with Crippen molar-refractivity contribution in [1.82, 2.24) is 24.1 Å². The average molecular weight is 766 g/mol. The summed E-state index contributed by atoms with van der Waals surface area (Å²) < 4.78 is 4.83. The number of rotatable bonds is 6. The number of para-hydroxylation sites is 4. The van der Waals surface area contributed by atoms with E-state index in [-0.39, 0.29) is 0 Å². The van der Waals surface area contributed by atoms with Gasteiger partial charge in [-0.3, -0.25) is 0 Å². The van der Waals surface area contributed by atoms with E-state index >= 15 is 0 Å². The minimum Gasteiger partial charge on any atom is -0.309 e. The molecule has 60 heavy (non-hydrogen) atoms. The highest BCUT2D eigenvalue weighted by atomic mass is 15.1. The predicted octanol–water partition coefficient (Wildman–Crippen LogP) is 13.9.